The highest BCUT2D eigenvalue weighted by atomic mass is 127. The van der Waals surface area contributed by atoms with E-state index in [1.807, 2.05) is 18.2 Å². The van der Waals surface area contributed by atoms with Crippen LogP contribution in [0.15, 0.2) is 23.3 Å². The van der Waals surface area contributed by atoms with Crippen LogP contribution in [0, 0.1) is 3.57 Å². The van der Waals surface area contributed by atoms with Crippen molar-refractivity contribution in [3.63, 3.8) is 0 Å². The minimum Gasteiger partial charge on any atom is -0.496 e. The van der Waals surface area contributed by atoms with Crippen molar-refractivity contribution in [3.05, 3.63) is 27.3 Å². The molecular weight excluding hydrogens is 309 g/mol. The minimum absolute atomic E-state index is 0.691. The summed E-state index contributed by atoms with van der Waals surface area (Å²) in [6, 6.07) is 4.87. The number of carbonyl (C=O) groups excluding carboxylic acids is 1. The molecule has 0 aliphatic rings. The number of nitrogens with zero attached hydrogens (tertiary/aromatic N) is 1. The summed E-state index contributed by atoms with van der Waals surface area (Å²) in [5.74, 6) is 0.763. The molecule has 1 aromatic rings. The van der Waals surface area contributed by atoms with Crippen LogP contribution in [0.25, 0.3) is 0 Å². The topological polar surface area (TPSA) is 76.7 Å². The van der Waals surface area contributed by atoms with Crippen LogP contribution in [0.4, 0.5) is 4.79 Å². The predicted molar refractivity (Wildman–Crippen MR) is 66.0 cm³/mol. The summed E-state index contributed by atoms with van der Waals surface area (Å²) in [5.41, 5.74) is 7.78. The second-order valence-corrected chi connectivity index (χ2v) is 3.79. The fourth-order valence-corrected chi connectivity index (χ4v) is 1.48. The average molecular weight is 319 g/mol. The zero-order valence-electron chi connectivity index (χ0n) is 8.03. The summed E-state index contributed by atoms with van der Waals surface area (Å²) in [4.78, 5) is 10.3. The molecule has 15 heavy (non-hydrogen) atoms. The first-order chi connectivity index (χ1) is 7.13. The Morgan fingerprint density at radius 2 is 2.40 bits per heavy atom. The van der Waals surface area contributed by atoms with Crippen LogP contribution in [0.1, 0.15) is 5.56 Å². The van der Waals surface area contributed by atoms with Gasteiger partial charge in [0, 0.05) is 0 Å². The molecule has 2 amide bonds. The highest BCUT2D eigenvalue weighted by Crippen LogP contribution is 2.20. The van der Waals surface area contributed by atoms with Crippen molar-refractivity contribution in [2.24, 2.45) is 10.8 Å². The lowest BCUT2D eigenvalue weighted by Gasteiger charge is -2.03. The van der Waals surface area contributed by atoms with E-state index in [1.165, 1.54) is 6.21 Å². The van der Waals surface area contributed by atoms with Gasteiger partial charge >= 0.3 is 6.03 Å². The van der Waals surface area contributed by atoms with E-state index in [-0.39, 0.29) is 0 Å². The molecule has 0 saturated carbocycles. The van der Waals surface area contributed by atoms with Gasteiger partial charge in [-0.25, -0.2) is 10.2 Å². The Kier molecular flexibility index (Phi) is 4.35. The van der Waals surface area contributed by atoms with Gasteiger partial charge in [0.05, 0.1) is 16.9 Å². The standard InChI is InChI=1S/C9H10IN3O2/c1-15-8-4-6(2-3-7(8)10)5-12-13-9(11)14/h2-5H,1H3,(H3,11,13,14). The molecule has 5 nitrogen and oxygen atoms in total. The summed E-state index contributed by atoms with van der Waals surface area (Å²) in [5, 5.41) is 3.64. The van der Waals surface area contributed by atoms with Crippen LogP contribution < -0.4 is 15.9 Å². The molecule has 0 bridgehead atoms. The molecule has 0 aliphatic heterocycles. The fraction of sp³-hybridized carbons (Fsp3) is 0.111. The molecule has 0 aliphatic carbocycles. The Labute approximate surface area is 101 Å². The molecule has 3 N–H and O–H groups in total. The maximum atomic E-state index is 10.3. The van der Waals surface area contributed by atoms with Gasteiger partial charge in [-0.05, 0) is 40.3 Å². The van der Waals surface area contributed by atoms with Gasteiger partial charge in [0.1, 0.15) is 5.75 Å². The number of halogens is 1. The number of methoxy groups -OCH3 is 1. The van der Waals surface area contributed by atoms with E-state index < -0.39 is 6.03 Å². The van der Waals surface area contributed by atoms with Gasteiger partial charge in [-0.15, -0.1) is 0 Å². The largest absolute Gasteiger partial charge is 0.496 e. The number of nitrogens with one attached hydrogen (secondary N) is 1. The Balaban J connectivity index is 2.78. The molecule has 0 atom stereocenters. The second kappa shape index (κ2) is 5.54. The van der Waals surface area contributed by atoms with Gasteiger partial charge in [-0.3, -0.25) is 0 Å². The average Bonchev–Trinajstić information content (AvgIpc) is 2.20. The lowest BCUT2D eigenvalue weighted by molar-refractivity contribution is 0.249. The summed E-state index contributed by atoms with van der Waals surface area (Å²) in [6.45, 7) is 0. The Morgan fingerprint density at radius 1 is 1.67 bits per heavy atom. The SMILES string of the molecule is COc1cc(C=NNC(N)=O)ccc1I. The van der Waals surface area contributed by atoms with Crippen molar-refractivity contribution < 1.29 is 9.53 Å². The van der Waals surface area contributed by atoms with Crippen molar-refractivity contribution in [1.29, 1.82) is 0 Å². The van der Waals surface area contributed by atoms with Gasteiger partial charge in [0.25, 0.3) is 0 Å². The number of urea groups is 1. The Morgan fingerprint density at radius 3 is 3.00 bits per heavy atom. The number of hydrogen-bond acceptors (Lipinski definition) is 3. The van der Waals surface area contributed by atoms with Gasteiger partial charge in [-0.1, -0.05) is 6.07 Å². The number of ether oxygens (including phenoxy) is 1. The molecule has 0 aromatic heterocycles. The van der Waals surface area contributed by atoms with Crippen LogP contribution in [-0.2, 0) is 0 Å². The smallest absolute Gasteiger partial charge is 0.332 e. The van der Waals surface area contributed by atoms with Crippen LogP contribution >= 0.6 is 22.6 Å². The summed E-state index contributed by atoms with van der Waals surface area (Å²) in [7, 11) is 1.60. The molecule has 0 fully saturated rings. The first kappa shape index (κ1) is 11.8. The maximum Gasteiger partial charge on any atom is 0.332 e. The van der Waals surface area contributed by atoms with Crippen molar-refractivity contribution in [2.45, 2.75) is 0 Å². The van der Waals surface area contributed by atoms with Crippen LogP contribution in [0.5, 0.6) is 5.75 Å². The molecule has 1 aromatic carbocycles. The highest BCUT2D eigenvalue weighted by Gasteiger charge is 1.99. The van der Waals surface area contributed by atoms with Gasteiger partial charge in [0.2, 0.25) is 0 Å². The number of amides is 2. The third-order valence-electron chi connectivity index (χ3n) is 1.56. The molecule has 0 heterocycles. The molecule has 80 valence electrons. The Hall–Kier alpha value is -1.31. The zero-order valence-corrected chi connectivity index (χ0v) is 10.2. The third kappa shape index (κ3) is 3.74. The van der Waals surface area contributed by atoms with Crippen molar-refractivity contribution in [3.8, 4) is 5.75 Å². The number of rotatable bonds is 3. The quantitative estimate of drug-likeness (QED) is 0.500. The number of primary amides is 1. The maximum absolute atomic E-state index is 10.3. The number of nitrogens with two attached hydrogens (primary N) is 1. The summed E-state index contributed by atoms with van der Waals surface area (Å²) >= 11 is 2.17. The third-order valence-corrected chi connectivity index (χ3v) is 2.45. The second-order valence-electron chi connectivity index (χ2n) is 2.63. The van der Waals surface area contributed by atoms with Crippen LogP contribution in [0.2, 0.25) is 0 Å². The molecule has 0 spiro atoms. The first-order valence-electron chi connectivity index (χ1n) is 4.05. The molecule has 0 radical (unpaired) electrons. The van der Waals surface area contributed by atoms with Crippen LogP contribution in [0.3, 0.4) is 0 Å². The first-order valence-corrected chi connectivity index (χ1v) is 5.13. The zero-order chi connectivity index (χ0) is 11.3. The van der Waals surface area contributed by atoms with Crippen molar-refractivity contribution in [2.75, 3.05) is 7.11 Å². The monoisotopic (exact) mass is 319 g/mol. The van der Waals surface area contributed by atoms with Crippen molar-refractivity contribution in [1.82, 2.24) is 5.43 Å². The lowest BCUT2D eigenvalue weighted by atomic mass is 10.2. The number of carbonyl (C=O) groups is 1. The predicted octanol–water partition coefficient (Wildman–Crippen LogP) is 1.30. The molecular formula is C9H10IN3O2. The molecule has 1 rings (SSSR count). The number of hydrazone groups is 1. The number of hydrogen-bond donors (Lipinski definition) is 2. The van der Waals surface area contributed by atoms with E-state index in [1.54, 1.807) is 7.11 Å². The Bertz CT molecular complexity index is 393. The highest BCUT2D eigenvalue weighted by molar-refractivity contribution is 14.1. The fourth-order valence-electron chi connectivity index (χ4n) is 0.927. The summed E-state index contributed by atoms with van der Waals surface area (Å²) in [6.07, 6.45) is 1.49. The van der Waals surface area contributed by atoms with E-state index in [0.717, 1.165) is 14.9 Å². The summed E-state index contributed by atoms with van der Waals surface area (Å²) < 4.78 is 6.14. The minimum atomic E-state index is -0.691. The molecule has 6 heteroatoms. The van der Waals surface area contributed by atoms with Crippen LogP contribution in [-0.4, -0.2) is 19.4 Å². The van der Waals surface area contributed by atoms with E-state index in [0.29, 0.717) is 0 Å². The molecule has 0 unspecified atom stereocenters. The van der Waals surface area contributed by atoms with E-state index in [2.05, 4.69) is 33.1 Å². The van der Waals surface area contributed by atoms with Gasteiger partial charge in [0.15, 0.2) is 0 Å². The normalized spacial score (nSPS) is 10.3. The molecule has 0 saturated heterocycles. The lowest BCUT2D eigenvalue weighted by Crippen LogP contribution is -2.24. The number of benzene rings is 1. The van der Waals surface area contributed by atoms with Gasteiger partial charge < -0.3 is 10.5 Å². The van der Waals surface area contributed by atoms with E-state index >= 15 is 0 Å². The van der Waals surface area contributed by atoms with E-state index in [9.17, 15) is 4.79 Å². The van der Waals surface area contributed by atoms with Crippen molar-refractivity contribution >= 4 is 34.8 Å². The van der Waals surface area contributed by atoms with Gasteiger partial charge in [-0.2, -0.15) is 5.10 Å². The van der Waals surface area contributed by atoms with E-state index in [4.69, 9.17) is 10.5 Å².